The van der Waals surface area contributed by atoms with Crippen molar-refractivity contribution in [3.63, 3.8) is 0 Å². The summed E-state index contributed by atoms with van der Waals surface area (Å²) in [7, 11) is 0. The molecule has 0 unspecified atom stereocenters. The van der Waals surface area contributed by atoms with E-state index in [1.54, 1.807) is 11.8 Å². The molecule has 1 aliphatic heterocycles. The van der Waals surface area contributed by atoms with E-state index in [1.165, 1.54) is 11.1 Å². The first kappa shape index (κ1) is 16.7. The van der Waals surface area contributed by atoms with Crippen LogP contribution < -0.4 is 14.8 Å². The average Bonchev–Trinajstić information content (AvgIpc) is 2.61. The molecule has 2 aromatic carbocycles. The number of amides is 1. The topological polar surface area (TPSA) is 47.6 Å². The number of hydrogen-bond donors (Lipinski definition) is 1. The molecule has 1 atom stereocenters. The van der Waals surface area contributed by atoms with Crippen molar-refractivity contribution in [1.29, 1.82) is 0 Å². The monoisotopic (exact) mass is 343 g/mol. The van der Waals surface area contributed by atoms with Crippen LogP contribution in [0.15, 0.2) is 42.5 Å². The second-order valence-corrected chi connectivity index (χ2v) is 7.12. The zero-order valence-corrected chi connectivity index (χ0v) is 14.7. The quantitative estimate of drug-likeness (QED) is 0.890. The van der Waals surface area contributed by atoms with Gasteiger partial charge in [0.25, 0.3) is 0 Å². The molecule has 1 heterocycles. The van der Waals surface area contributed by atoms with E-state index in [0.717, 1.165) is 17.2 Å². The molecule has 0 aliphatic carbocycles. The molecule has 0 saturated carbocycles. The number of aryl methyl sites for hydroxylation is 1. The molecule has 24 heavy (non-hydrogen) atoms. The van der Waals surface area contributed by atoms with E-state index in [2.05, 4.69) is 36.5 Å². The Morgan fingerprint density at radius 1 is 1.12 bits per heavy atom. The highest BCUT2D eigenvalue weighted by molar-refractivity contribution is 7.99. The van der Waals surface area contributed by atoms with Gasteiger partial charge in [-0.25, -0.2) is 0 Å². The van der Waals surface area contributed by atoms with Crippen LogP contribution in [0.5, 0.6) is 11.5 Å². The van der Waals surface area contributed by atoms with Crippen LogP contribution in [0.4, 0.5) is 5.69 Å². The molecule has 0 bridgehead atoms. The van der Waals surface area contributed by atoms with Crippen molar-refractivity contribution in [1.82, 2.24) is 0 Å². The molecule has 1 aliphatic rings. The van der Waals surface area contributed by atoms with E-state index < -0.39 is 0 Å². The molecular weight excluding hydrogens is 322 g/mol. The molecule has 2 aromatic rings. The normalized spacial score (nSPS) is 14.1. The van der Waals surface area contributed by atoms with E-state index >= 15 is 0 Å². The smallest absolute Gasteiger partial charge is 0.237 e. The van der Waals surface area contributed by atoms with Crippen molar-refractivity contribution in [2.75, 3.05) is 18.5 Å². The minimum absolute atomic E-state index is 0.0104. The molecule has 1 amide bonds. The molecular formula is C19H21NO3S. The van der Waals surface area contributed by atoms with Gasteiger partial charge in [0.2, 0.25) is 5.91 Å². The number of carbonyl (C=O) groups is 1. The summed E-state index contributed by atoms with van der Waals surface area (Å²) < 4.78 is 11.0. The van der Waals surface area contributed by atoms with Crippen molar-refractivity contribution in [3.05, 3.63) is 53.6 Å². The van der Waals surface area contributed by atoms with E-state index in [9.17, 15) is 4.79 Å². The van der Waals surface area contributed by atoms with E-state index in [-0.39, 0.29) is 11.2 Å². The molecule has 0 aromatic heterocycles. The number of rotatable bonds is 5. The van der Waals surface area contributed by atoms with E-state index in [4.69, 9.17) is 9.47 Å². The first-order chi connectivity index (χ1) is 11.6. The maximum absolute atomic E-state index is 12.4. The predicted octanol–water partition coefficient (Wildman–Crippen LogP) is 4.03. The Labute approximate surface area is 146 Å². The third-order valence-electron chi connectivity index (χ3n) is 3.80. The van der Waals surface area contributed by atoms with Crippen molar-refractivity contribution < 1.29 is 14.3 Å². The molecule has 1 N–H and O–H groups in total. The summed E-state index contributed by atoms with van der Waals surface area (Å²) in [5.74, 6) is 2.21. The summed E-state index contributed by atoms with van der Waals surface area (Å²) >= 11 is 1.62. The van der Waals surface area contributed by atoms with Crippen molar-refractivity contribution >= 4 is 23.4 Å². The summed E-state index contributed by atoms with van der Waals surface area (Å²) in [6.07, 6.45) is 0. The number of thioether (sulfide) groups is 1. The lowest BCUT2D eigenvalue weighted by atomic mass is 10.2. The number of ether oxygens (including phenoxy) is 2. The molecule has 126 valence electrons. The zero-order valence-electron chi connectivity index (χ0n) is 13.9. The fourth-order valence-corrected chi connectivity index (χ4v) is 3.19. The number of carbonyl (C=O) groups excluding carboxylic acids is 1. The molecule has 0 spiro atoms. The fraction of sp³-hybridized carbons (Fsp3) is 0.316. The Morgan fingerprint density at radius 2 is 1.83 bits per heavy atom. The molecule has 5 heteroatoms. The first-order valence-electron chi connectivity index (χ1n) is 7.99. The van der Waals surface area contributed by atoms with Crippen LogP contribution in [0.25, 0.3) is 0 Å². The van der Waals surface area contributed by atoms with Gasteiger partial charge in [0.15, 0.2) is 11.5 Å². The van der Waals surface area contributed by atoms with Crippen molar-refractivity contribution in [2.24, 2.45) is 0 Å². The summed E-state index contributed by atoms with van der Waals surface area (Å²) in [5.41, 5.74) is 3.20. The molecule has 0 saturated heterocycles. The minimum atomic E-state index is -0.139. The second-order valence-electron chi connectivity index (χ2n) is 5.79. The van der Waals surface area contributed by atoms with Gasteiger partial charge < -0.3 is 14.8 Å². The largest absolute Gasteiger partial charge is 0.486 e. The van der Waals surface area contributed by atoms with Gasteiger partial charge in [-0.15, -0.1) is 11.8 Å². The predicted molar refractivity (Wildman–Crippen MR) is 98.0 cm³/mol. The SMILES string of the molecule is Cc1ccc(CS[C@@H](C)C(=O)Nc2ccc3c(c2)OCCO3)cc1. The third kappa shape index (κ3) is 4.23. The van der Waals surface area contributed by atoms with Gasteiger partial charge in [0.1, 0.15) is 13.2 Å². The van der Waals surface area contributed by atoms with Crippen LogP contribution in [0, 0.1) is 6.92 Å². The third-order valence-corrected chi connectivity index (χ3v) is 5.01. The van der Waals surface area contributed by atoms with E-state index in [0.29, 0.717) is 19.0 Å². The van der Waals surface area contributed by atoms with E-state index in [1.807, 2.05) is 25.1 Å². The summed E-state index contributed by atoms with van der Waals surface area (Å²) in [5, 5.41) is 2.80. The first-order valence-corrected chi connectivity index (χ1v) is 9.04. The average molecular weight is 343 g/mol. The Hall–Kier alpha value is -2.14. The summed E-state index contributed by atoms with van der Waals surface area (Å²) in [4.78, 5) is 12.4. The van der Waals surface area contributed by atoms with Gasteiger partial charge >= 0.3 is 0 Å². The lowest BCUT2D eigenvalue weighted by molar-refractivity contribution is -0.115. The molecule has 0 radical (unpaired) electrons. The number of benzene rings is 2. The van der Waals surface area contributed by atoms with Crippen LogP contribution in [0.1, 0.15) is 18.1 Å². The molecule has 0 fully saturated rings. The second kappa shape index (κ2) is 7.62. The molecule has 4 nitrogen and oxygen atoms in total. The van der Waals surface area contributed by atoms with Crippen LogP contribution in [-0.4, -0.2) is 24.4 Å². The Bertz CT molecular complexity index is 715. The van der Waals surface area contributed by atoms with Gasteiger partial charge in [0, 0.05) is 17.5 Å². The molecule has 3 rings (SSSR count). The van der Waals surface area contributed by atoms with Gasteiger partial charge in [-0.1, -0.05) is 29.8 Å². The van der Waals surface area contributed by atoms with Crippen molar-refractivity contribution in [3.8, 4) is 11.5 Å². The number of nitrogens with one attached hydrogen (secondary N) is 1. The van der Waals surface area contributed by atoms with Gasteiger partial charge in [-0.2, -0.15) is 0 Å². The zero-order chi connectivity index (χ0) is 16.9. The van der Waals surface area contributed by atoms with Gasteiger partial charge in [-0.05, 0) is 31.5 Å². The fourth-order valence-electron chi connectivity index (χ4n) is 2.35. The van der Waals surface area contributed by atoms with Gasteiger partial charge in [0.05, 0.1) is 5.25 Å². The van der Waals surface area contributed by atoms with Gasteiger partial charge in [-0.3, -0.25) is 4.79 Å². The highest BCUT2D eigenvalue weighted by atomic mass is 32.2. The number of anilines is 1. The lowest BCUT2D eigenvalue weighted by Gasteiger charge is -2.19. The lowest BCUT2D eigenvalue weighted by Crippen LogP contribution is -2.23. The minimum Gasteiger partial charge on any atom is -0.486 e. The van der Waals surface area contributed by atoms with Crippen LogP contribution in [-0.2, 0) is 10.5 Å². The number of fused-ring (bicyclic) bond motifs is 1. The van der Waals surface area contributed by atoms with Crippen LogP contribution in [0.2, 0.25) is 0 Å². The standard InChI is InChI=1S/C19H21NO3S/c1-13-3-5-15(6-4-13)12-24-14(2)19(21)20-16-7-8-17-18(11-16)23-10-9-22-17/h3-8,11,14H,9-10,12H2,1-2H3,(H,20,21)/t14-/m0/s1. The summed E-state index contributed by atoms with van der Waals surface area (Å²) in [6.45, 7) is 5.09. The maximum Gasteiger partial charge on any atom is 0.237 e. The number of hydrogen-bond acceptors (Lipinski definition) is 4. The maximum atomic E-state index is 12.4. The Kier molecular flexibility index (Phi) is 5.30. The van der Waals surface area contributed by atoms with Crippen LogP contribution in [0.3, 0.4) is 0 Å². The van der Waals surface area contributed by atoms with Crippen LogP contribution >= 0.6 is 11.8 Å². The summed E-state index contributed by atoms with van der Waals surface area (Å²) in [6, 6.07) is 13.9. The van der Waals surface area contributed by atoms with Crippen molar-refractivity contribution in [2.45, 2.75) is 24.9 Å². The Balaban J connectivity index is 1.55. The highest BCUT2D eigenvalue weighted by Crippen LogP contribution is 2.32. The Morgan fingerprint density at radius 3 is 2.58 bits per heavy atom. The highest BCUT2D eigenvalue weighted by Gasteiger charge is 2.16.